The van der Waals surface area contributed by atoms with Gasteiger partial charge >= 0.3 is 6.08 Å². The van der Waals surface area contributed by atoms with Gasteiger partial charge in [0, 0.05) is 43.2 Å². The van der Waals surface area contributed by atoms with E-state index in [1.54, 1.807) is 10.9 Å². The fourth-order valence-corrected chi connectivity index (χ4v) is 4.75. The van der Waals surface area contributed by atoms with Gasteiger partial charge in [-0.15, -0.1) is 0 Å². The van der Waals surface area contributed by atoms with Gasteiger partial charge in [-0.05, 0) is 37.5 Å². The van der Waals surface area contributed by atoms with Crippen molar-refractivity contribution < 1.29 is 21.9 Å². The molecular formula is C19H19F2N5O3S. The molecule has 1 saturated carbocycles. The Morgan fingerprint density at radius 3 is 2.70 bits per heavy atom. The van der Waals surface area contributed by atoms with Gasteiger partial charge in [-0.1, -0.05) is 0 Å². The molecule has 4 rings (SSSR count). The SMILES string of the molecule is Cn1nccc1C1CCC[C@@H]1Oc1ccc(S(=O)(=O)Nc2ccnc(F)n2)c(F)c1. The van der Waals surface area contributed by atoms with Crippen molar-refractivity contribution in [2.24, 2.45) is 7.05 Å². The van der Waals surface area contributed by atoms with E-state index in [1.165, 1.54) is 6.07 Å². The van der Waals surface area contributed by atoms with Crippen LogP contribution in [0.5, 0.6) is 5.75 Å². The van der Waals surface area contributed by atoms with E-state index < -0.39 is 26.8 Å². The van der Waals surface area contributed by atoms with Crippen LogP contribution in [0.3, 0.4) is 0 Å². The molecule has 0 amide bonds. The van der Waals surface area contributed by atoms with Crippen molar-refractivity contribution in [3.63, 3.8) is 0 Å². The first-order valence-electron chi connectivity index (χ1n) is 9.29. The minimum Gasteiger partial charge on any atom is -0.490 e. The van der Waals surface area contributed by atoms with Gasteiger partial charge in [-0.25, -0.2) is 17.8 Å². The molecule has 3 aromatic rings. The largest absolute Gasteiger partial charge is 0.490 e. The van der Waals surface area contributed by atoms with E-state index in [0.29, 0.717) is 0 Å². The van der Waals surface area contributed by atoms with Crippen LogP contribution in [0, 0.1) is 11.9 Å². The Kier molecular flexibility index (Phi) is 5.37. The molecule has 2 atom stereocenters. The number of aryl methyl sites for hydroxylation is 1. The summed E-state index contributed by atoms with van der Waals surface area (Å²) in [4.78, 5) is 5.96. The Morgan fingerprint density at radius 1 is 1.17 bits per heavy atom. The number of hydrogen-bond donors (Lipinski definition) is 1. The highest BCUT2D eigenvalue weighted by Gasteiger charge is 2.32. The molecule has 1 aliphatic carbocycles. The Balaban J connectivity index is 1.52. The van der Waals surface area contributed by atoms with E-state index in [1.807, 2.05) is 17.8 Å². The van der Waals surface area contributed by atoms with E-state index in [2.05, 4.69) is 15.1 Å². The molecular weight excluding hydrogens is 416 g/mol. The summed E-state index contributed by atoms with van der Waals surface area (Å²) in [7, 11) is -2.44. The second kappa shape index (κ2) is 7.98. The smallest absolute Gasteiger partial charge is 0.310 e. The lowest BCUT2D eigenvalue weighted by Crippen LogP contribution is -2.22. The molecule has 2 aromatic heterocycles. The summed E-state index contributed by atoms with van der Waals surface area (Å²) in [6.07, 6.45) is 4.21. The monoisotopic (exact) mass is 435 g/mol. The number of ether oxygens (including phenoxy) is 1. The minimum atomic E-state index is -4.31. The summed E-state index contributed by atoms with van der Waals surface area (Å²) < 4.78 is 62.4. The van der Waals surface area contributed by atoms with Crippen LogP contribution in [-0.4, -0.2) is 34.3 Å². The molecule has 11 heteroatoms. The van der Waals surface area contributed by atoms with Gasteiger partial charge in [0.2, 0.25) is 0 Å². The minimum absolute atomic E-state index is 0.123. The van der Waals surface area contributed by atoms with Crippen LogP contribution in [0.15, 0.2) is 47.6 Å². The van der Waals surface area contributed by atoms with E-state index in [9.17, 15) is 17.2 Å². The lowest BCUT2D eigenvalue weighted by Gasteiger charge is -2.21. The summed E-state index contributed by atoms with van der Waals surface area (Å²) in [5.41, 5.74) is 1.04. The molecule has 1 aliphatic rings. The summed E-state index contributed by atoms with van der Waals surface area (Å²) in [6.45, 7) is 0. The van der Waals surface area contributed by atoms with Gasteiger partial charge in [0.25, 0.3) is 10.0 Å². The Labute approximate surface area is 172 Å². The zero-order valence-corrected chi connectivity index (χ0v) is 16.8. The number of benzene rings is 1. The number of anilines is 1. The third kappa shape index (κ3) is 4.11. The number of aromatic nitrogens is 4. The number of rotatable bonds is 6. The molecule has 158 valence electrons. The Bertz CT molecular complexity index is 1170. The molecule has 2 heterocycles. The van der Waals surface area contributed by atoms with E-state index >= 15 is 0 Å². The Hall–Kier alpha value is -3.08. The Morgan fingerprint density at radius 2 is 2.00 bits per heavy atom. The fourth-order valence-electron chi connectivity index (χ4n) is 3.69. The van der Waals surface area contributed by atoms with Crippen LogP contribution in [0.25, 0.3) is 0 Å². The van der Waals surface area contributed by atoms with Crippen molar-refractivity contribution in [3.8, 4) is 5.75 Å². The highest BCUT2D eigenvalue weighted by Crippen LogP contribution is 2.37. The van der Waals surface area contributed by atoms with Gasteiger partial charge in [-0.2, -0.15) is 14.5 Å². The normalized spacial score (nSPS) is 19.0. The molecule has 0 saturated heterocycles. The van der Waals surface area contributed by atoms with E-state index in [-0.39, 0.29) is 23.6 Å². The maximum atomic E-state index is 14.6. The molecule has 1 fully saturated rings. The number of hydrogen-bond acceptors (Lipinski definition) is 6. The molecule has 1 N–H and O–H groups in total. The first-order chi connectivity index (χ1) is 14.3. The molecule has 0 bridgehead atoms. The molecule has 0 spiro atoms. The highest BCUT2D eigenvalue weighted by atomic mass is 32.2. The number of sulfonamides is 1. The molecule has 0 radical (unpaired) electrons. The number of nitrogens with one attached hydrogen (secondary N) is 1. The van der Waals surface area contributed by atoms with Crippen molar-refractivity contribution in [1.29, 1.82) is 0 Å². The van der Waals surface area contributed by atoms with Crippen molar-refractivity contribution in [2.75, 3.05) is 4.72 Å². The predicted molar refractivity (Wildman–Crippen MR) is 103 cm³/mol. The standard InChI is InChI=1S/C19H19F2N5O3S/c1-26-15(7-10-23-26)13-3-2-4-16(13)29-12-5-6-17(14(20)11-12)30(27,28)25-18-8-9-22-19(21)24-18/h5-11,13,16H,2-4H2,1H3,(H,22,24,25)/t13?,16-/m0/s1. The maximum Gasteiger partial charge on any atom is 0.310 e. The lowest BCUT2D eigenvalue weighted by molar-refractivity contribution is 0.186. The zero-order valence-electron chi connectivity index (χ0n) is 16.0. The first kappa shape index (κ1) is 20.2. The predicted octanol–water partition coefficient (Wildman–Crippen LogP) is 3.00. The third-order valence-corrected chi connectivity index (χ3v) is 6.42. The van der Waals surface area contributed by atoms with Crippen LogP contribution in [-0.2, 0) is 17.1 Å². The van der Waals surface area contributed by atoms with Crippen molar-refractivity contribution in [2.45, 2.75) is 36.2 Å². The van der Waals surface area contributed by atoms with Gasteiger partial charge < -0.3 is 4.74 Å². The summed E-state index contributed by atoms with van der Waals surface area (Å²) in [6, 6.07) is 6.64. The van der Waals surface area contributed by atoms with Gasteiger partial charge in [0.1, 0.15) is 28.4 Å². The second-order valence-electron chi connectivity index (χ2n) is 6.98. The summed E-state index contributed by atoms with van der Waals surface area (Å²) >= 11 is 0. The topological polar surface area (TPSA) is 99.0 Å². The molecule has 8 nitrogen and oxygen atoms in total. The molecule has 0 aliphatic heterocycles. The van der Waals surface area contributed by atoms with Crippen LogP contribution in [0.2, 0.25) is 0 Å². The number of halogens is 2. The fraction of sp³-hybridized carbons (Fsp3) is 0.316. The van der Waals surface area contributed by atoms with E-state index in [4.69, 9.17) is 4.74 Å². The van der Waals surface area contributed by atoms with Gasteiger partial charge in [0.15, 0.2) is 0 Å². The average Bonchev–Trinajstić information content (AvgIpc) is 3.29. The lowest BCUT2D eigenvalue weighted by atomic mass is 10.0. The quantitative estimate of drug-likeness (QED) is 0.598. The maximum absolute atomic E-state index is 14.6. The van der Waals surface area contributed by atoms with Gasteiger partial charge in [0.05, 0.1) is 0 Å². The number of nitrogens with zero attached hydrogens (tertiary/aromatic N) is 4. The molecule has 1 aromatic carbocycles. The summed E-state index contributed by atoms with van der Waals surface area (Å²) in [5, 5.41) is 4.19. The average molecular weight is 435 g/mol. The molecule has 30 heavy (non-hydrogen) atoms. The van der Waals surface area contributed by atoms with Crippen molar-refractivity contribution in [3.05, 3.63) is 60.3 Å². The van der Waals surface area contributed by atoms with Crippen LogP contribution in [0.1, 0.15) is 30.9 Å². The van der Waals surface area contributed by atoms with Gasteiger partial charge in [-0.3, -0.25) is 9.40 Å². The third-order valence-electron chi connectivity index (χ3n) is 5.04. The first-order valence-corrected chi connectivity index (χ1v) is 10.8. The highest BCUT2D eigenvalue weighted by molar-refractivity contribution is 7.92. The second-order valence-corrected chi connectivity index (χ2v) is 8.63. The molecule has 1 unspecified atom stereocenters. The zero-order chi connectivity index (χ0) is 21.3. The van der Waals surface area contributed by atoms with Crippen molar-refractivity contribution in [1.82, 2.24) is 19.7 Å². The summed E-state index contributed by atoms with van der Waals surface area (Å²) in [5.74, 6) is -0.922. The van der Waals surface area contributed by atoms with Crippen LogP contribution >= 0.6 is 0 Å². The van der Waals surface area contributed by atoms with Crippen molar-refractivity contribution >= 4 is 15.8 Å². The van der Waals surface area contributed by atoms with Crippen LogP contribution in [0.4, 0.5) is 14.6 Å². The van der Waals surface area contributed by atoms with Crippen LogP contribution < -0.4 is 9.46 Å². The van der Waals surface area contributed by atoms with E-state index in [0.717, 1.165) is 49.4 Å².